The second-order valence-corrected chi connectivity index (χ2v) is 7.83. The van der Waals surface area contributed by atoms with E-state index in [4.69, 9.17) is 0 Å². The number of nitrogens with zero attached hydrogens (tertiary/aromatic N) is 3. The molecule has 9 heteroatoms. The summed E-state index contributed by atoms with van der Waals surface area (Å²) in [6, 6.07) is 11.4. The van der Waals surface area contributed by atoms with Gasteiger partial charge in [-0.3, -0.25) is 14.4 Å². The average Bonchev–Trinajstić information content (AvgIpc) is 2.81. The Bertz CT molecular complexity index is 1230. The molecule has 2 amide bonds. The van der Waals surface area contributed by atoms with E-state index in [1.165, 1.54) is 28.9 Å². The van der Waals surface area contributed by atoms with E-state index in [9.17, 15) is 23.9 Å². The molecule has 32 heavy (non-hydrogen) atoms. The van der Waals surface area contributed by atoms with Gasteiger partial charge in [-0.15, -0.1) is 0 Å². The van der Waals surface area contributed by atoms with Crippen LogP contribution in [-0.4, -0.2) is 69.2 Å². The van der Waals surface area contributed by atoms with E-state index >= 15 is 0 Å². The van der Waals surface area contributed by atoms with E-state index in [0.717, 1.165) is 0 Å². The first kappa shape index (κ1) is 21.6. The number of carbonyl (C=O) groups excluding carboxylic acids is 2. The molecule has 166 valence electrons. The van der Waals surface area contributed by atoms with Crippen molar-refractivity contribution in [2.75, 3.05) is 26.2 Å². The van der Waals surface area contributed by atoms with E-state index in [-0.39, 0.29) is 43.2 Å². The van der Waals surface area contributed by atoms with Gasteiger partial charge in [-0.05, 0) is 30.7 Å². The summed E-state index contributed by atoms with van der Waals surface area (Å²) in [4.78, 5) is 39.9. The monoisotopic (exact) mass is 438 g/mol. The Hall–Kier alpha value is -3.59. The fraction of sp³-hybridized carbons (Fsp3) is 0.304. The summed E-state index contributed by atoms with van der Waals surface area (Å²) in [7, 11) is 0. The lowest BCUT2D eigenvalue weighted by Crippen LogP contribution is -2.52. The number of piperazine rings is 1. The molecule has 2 N–H and O–H groups in total. The second-order valence-electron chi connectivity index (χ2n) is 7.83. The number of amides is 2. The van der Waals surface area contributed by atoms with Crippen LogP contribution in [0.15, 0.2) is 47.3 Å². The van der Waals surface area contributed by atoms with Crippen molar-refractivity contribution >= 4 is 22.6 Å². The normalized spacial score (nSPS) is 15.1. The molecule has 3 aromatic rings. The number of H-pyrrole nitrogens is 1. The average molecular weight is 438 g/mol. The summed E-state index contributed by atoms with van der Waals surface area (Å²) < 4.78 is 14.5. The SMILES string of the molecule is C[C@@H](O)C(=O)N1CCN(C(=O)c2cc(Cc3n[nH]c(=O)c4ccccc34)ccc2F)CC1. The number of aliphatic hydroxyl groups is 1. The Kier molecular flexibility index (Phi) is 6.00. The molecule has 1 aliphatic rings. The molecule has 8 nitrogen and oxygen atoms in total. The Morgan fingerprint density at radius 2 is 1.75 bits per heavy atom. The number of hydrogen-bond acceptors (Lipinski definition) is 5. The van der Waals surface area contributed by atoms with Crippen LogP contribution in [0.2, 0.25) is 0 Å². The van der Waals surface area contributed by atoms with Crippen molar-refractivity contribution in [1.29, 1.82) is 0 Å². The van der Waals surface area contributed by atoms with Crippen molar-refractivity contribution in [2.45, 2.75) is 19.4 Å². The van der Waals surface area contributed by atoms with E-state index in [1.807, 2.05) is 6.07 Å². The summed E-state index contributed by atoms with van der Waals surface area (Å²) in [5.74, 6) is -1.46. The topological polar surface area (TPSA) is 107 Å². The van der Waals surface area contributed by atoms with Crippen molar-refractivity contribution in [1.82, 2.24) is 20.0 Å². The molecular weight excluding hydrogens is 415 g/mol. The lowest BCUT2D eigenvalue weighted by molar-refractivity contribution is -0.140. The fourth-order valence-electron chi connectivity index (χ4n) is 3.91. The molecule has 0 unspecified atom stereocenters. The third-order valence-electron chi connectivity index (χ3n) is 5.64. The number of aromatic amines is 1. The summed E-state index contributed by atoms with van der Waals surface area (Å²) in [6.07, 6.45) is -0.780. The minimum atomic E-state index is -1.09. The summed E-state index contributed by atoms with van der Waals surface area (Å²) in [5.41, 5.74) is 0.969. The first-order chi connectivity index (χ1) is 15.3. The van der Waals surface area contributed by atoms with E-state index in [2.05, 4.69) is 10.2 Å². The summed E-state index contributed by atoms with van der Waals surface area (Å²) in [5, 5.41) is 17.3. The Morgan fingerprint density at radius 3 is 2.44 bits per heavy atom. The van der Waals surface area contributed by atoms with Gasteiger partial charge in [0, 0.05) is 38.0 Å². The smallest absolute Gasteiger partial charge is 0.272 e. The maximum absolute atomic E-state index is 14.5. The van der Waals surface area contributed by atoms with Crippen LogP contribution in [0.1, 0.15) is 28.5 Å². The third-order valence-corrected chi connectivity index (χ3v) is 5.64. The highest BCUT2D eigenvalue weighted by molar-refractivity contribution is 5.95. The summed E-state index contributed by atoms with van der Waals surface area (Å²) in [6.45, 7) is 2.48. The van der Waals surface area contributed by atoms with Crippen molar-refractivity contribution < 1.29 is 19.1 Å². The maximum Gasteiger partial charge on any atom is 0.272 e. The lowest BCUT2D eigenvalue weighted by Gasteiger charge is -2.35. The van der Waals surface area contributed by atoms with E-state index in [0.29, 0.717) is 28.5 Å². The van der Waals surface area contributed by atoms with Gasteiger partial charge in [0.2, 0.25) is 0 Å². The molecule has 1 aromatic heterocycles. The van der Waals surface area contributed by atoms with Crippen LogP contribution < -0.4 is 5.56 Å². The molecule has 1 aliphatic heterocycles. The van der Waals surface area contributed by atoms with Gasteiger partial charge in [0.05, 0.1) is 16.6 Å². The van der Waals surface area contributed by atoms with Gasteiger partial charge < -0.3 is 14.9 Å². The number of halogens is 1. The second kappa shape index (κ2) is 8.88. The zero-order valence-corrected chi connectivity index (χ0v) is 17.5. The van der Waals surface area contributed by atoms with Gasteiger partial charge in [0.15, 0.2) is 0 Å². The molecule has 0 bridgehead atoms. The zero-order valence-electron chi connectivity index (χ0n) is 17.5. The molecular formula is C23H23FN4O4. The third kappa shape index (κ3) is 4.24. The van der Waals surface area contributed by atoms with Gasteiger partial charge in [-0.1, -0.05) is 24.3 Å². The van der Waals surface area contributed by atoms with Gasteiger partial charge in [-0.25, -0.2) is 9.49 Å². The minimum Gasteiger partial charge on any atom is -0.384 e. The molecule has 4 rings (SSSR count). The Morgan fingerprint density at radius 1 is 1.09 bits per heavy atom. The standard InChI is InChI=1S/C23H23FN4O4/c1-14(29)22(31)27-8-10-28(11-9-27)23(32)18-12-15(6-7-19(18)24)13-20-16-4-2-3-5-17(16)21(30)26-25-20/h2-7,12,14,29H,8-11,13H2,1H3,(H,26,30)/t14-/m1/s1. The van der Waals surface area contributed by atoms with Crippen molar-refractivity contribution in [3.8, 4) is 0 Å². The predicted molar refractivity (Wildman–Crippen MR) is 116 cm³/mol. The zero-order chi connectivity index (χ0) is 22.8. The number of rotatable bonds is 4. The highest BCUT2D eigenvalue weighted by Gasteiger charge is 2.28. The fourth-order valence-corrected chi connectivity index (χ4v) is 3.91. The van der Waals surface area contributed by atoms with Gasteiger partial charge in [0.25, 0.3) is 17.4 Å². The molecule has 2 aromatic carbocycles. The molecule has 0 radical (unpaired) electrons. The largest absolute Gasteiger partial charge is 0.384 e. The van der Waals surface area contributed by atoms with Crippen LogP contribution in [0.25, 0.3) is 10.8 Å². The van der Waals surface area contributed by atoms with Gasteiger partial charge >= 0.3 is 0 Å². The molecule has 1 fully saturated rings. The molecule has 1 atom stereocenters. The molecule has 2 heterocycles. The minimum absolute atomic E-state index is 0.0495. The van der Waals surface area contributed by atoms with E-state index < -0.39 is 17.8 Å². The van der Waals surface area contributed by atoms with Crippen molar-refractivity contribution in [3.05, 3.63) is 75.5 Å². The van der Waals surface area contributed by atoms with Crippen LogP contribution >= 0.6 is 0 Å². The molecule has 1 saturated heterocycles. The van der Waals surface area contributed by atoms with Crippen LogP contribution in [0, 0.1) is 5.82 Å². The molecule has 0 aliphatic carbocycles. The lowest BCUT2D eigenvalue weighted by atomic mass is 10.0. The van der Waals surface area contributed by atoms with Crippen LogP contribution in [-0.2, 0) is 11.2 Å². The molecule has 0 saturated carbocycles. The van der Waals surface area contributed by atoms with Crippen LogP contribution in [0.4, 0.5) is 4.39 Å². The summed E-state index contributed by atoms with van der Waals surface area (Å²) >= 11 is 0. The number of benzene rings is 2. The van der Waals surface area contributed by atoms with Crippen molar-refractivity contribution in [3.63, 3.8) is 0 Å². The first-order valence-corrected chi connectivity index (χ1v) is 10.4. The number of carbonyl (C=O) groups is 2. The van der Waals surface area contributed by atoms with Crippen molar-refractivity contribution in [2.24, 2.45) is 0 Å². The number of nitrogens with one attached hydrogen (secondary N) is 1. The predicted octanol–water partition coefficient (Wildman–Crippen LogP) is 1.32. The van der Waals surface area contributed by atoms with Crippen LogP contribution in [0.5, 0.6) is 0 Å². The molecule has 0 spiro atoms. The van der Waals surface area contributed by atoms with E-state index in [1.54, 1.807) is 24.3 Å². The van der Waals surface area contributed by atoms with Crippen LogP contribution in [0.3, 0.4) is 0 Å². The maximum atomic E-state index is 14.5. The quantitative estimate of drug-likeness (QED) is 0.639. The number of hydrogen-bond donors (Lipinski definition) is 2. The first-order valence-electron chi connectivity index (χ1n) is 10.4. The highest BCUT2D eigenvalue weighted by atomic mass is 19.1. The number of aliphatic hydroxyl groups excluding tert-OH is 1. The number of fused-ring (bicyclic) bond motifs is 1. The van der Waals surface area contributed by atoms with Gasteiger partial charge in [0.1, 0.15) is 11.9 Å². The highest BCUT2D eigenvalue weighted by Crippen LogP contribution is 2.20. The van der Waals surface area contributed by atoms with Gasteiger partial charge in [-0.2, -0.15) is 5.10 Å². The Labute approximate surface area is 183 Å². The number of aromatic nitrogens is 2. The Balaban J connectivity index is 1.54.